The molecule has 0 aromatic rings. The van der Waals surface area contributed by atoms with Gasteiger partial charge in [-0.3, -0.25) is 0 Å². The molecule has 50 valence electrons. The van der Waals surface area contributed by atoms with Gasteiger partial charge in [-0.2, -0.15) is 0 Å². The molecule has 1 rings (SSSR count). The van der Waals surface area contributed by atoms with E-state index in [-0.39, 0.29) is 0 Å². The standard InChI is InChI=1S/C3H9O4P/c4-8(5,6)3-1-2-7-3/h3-6,8H,1-2H2. The van der Waals surface area contributed by atoms with Crippen molar-refractivity contribution in [2.24, 2.45) is 0 Å². The van der Waals surface area contributed by atoms with Gasteiger partial charge in [0.2, 0.25) is 0 Å². The molecule has 0 aromatic heterocycles. The summed E-state index contributed by atoms with van der Waals surface area (Å²) < 4.78 is 4.61. The number of hydrogen-bond acceptors (Lipinski definition) is 4. The number of hydrogen-bond donors (Lipinski definition) is 3. The normalized spacial score (nSPS) is 31.6. The van der Waals surface area contributed by atoms with Crippen molar-refractivity contribution in [3.05, 3.63) is 0 Å². The molecule has 0 aliphatic carbocycles. The van der Waals surface area contributed by atoms with E-state index in [0.29, 0.717) is 13.0 Å². The van der Waals surface area contributed by atoms with E-state index in [0.717, 1.165) is 0 Å². The van der Waals surface area contributed by atoms with E-state index in [2.05, 4.69) is 4.74 Å². The zero-order valence-electron chi connectivity index (χ0n) is 4.24. The van der Waals surface area contributed by atoms with Crippen molar-refractivity contribution < 1.29 is 19.4 Å². The molecule has 1 fully saturated rings. The molecule has 1 unspecified atom stereocenters. The fourth-order valence-corrected chi connectivity index (χ4v) is 1.39. The Morgan fingerprint density at radius 3 is 1.88 bits per heavy atom. The fraction of sp³-hybridized carbons (Fsp3) is 1.00. The van der Waals surface area contributed by atoms with Crippen LogP contribution in [0.3, 0.4) is 0 Å². The van der Waals surface area contributed by atoms with Gasteiger partial charge in [-0.25, -0.2) is 0 Å². The minimum absolute atomic E-state index is 0.529. The summed E-state index contributed by atoms with van der Waals surface area (Å²) >= 11 is 0. The van der Waals surface area contributed by atoms with Gasteiger partial charge in [-0.15, -0.1) is 0 Å². The molecule has 1 aliphatic rings. The topological polar surface area (TPSA) is 69.9 Å². The molecule has 0 saturated carbocycles. The van der Waals surface area contributed by atoms with E-state index in [1.54, 1.807) is 0 Å². The van der Waals surface area contributed by atoms with Gasteiger partial charge in [-0.05, 0) is 0 Å². The van der Waals surface area contributed by atoms with E-state index >= 15 is 0 Å². The molecule has 3 N–H and O–H groups in total. The van der Waals surface area contributed by atoms with Gasteiger partial charge in [0.05, 0.1) is 0 Å². The minimum atomic E-state index is -3.90. The zero-order chi connectivity index (χ0) is 6.20. The third kappa shape index (κ3) is 1.16. The quantitative estimate of drug-likeness (QED) is 0.417. The summed E-state index contributed by atoms with van der Waals surface area (Å²) in [4.78, 5) is 25.4. The predicted molar refractivity (Wildman–Crippen MR) is 29.3 cm³/mol. The van der Waals surface area contributed by atoms with E-state index in [9.17, 15) is 0 Å². The maximum absolute atomic E-state index is 8.46. The van der Waals surface area contributed by atoms with Gasteiger partial charge in [-0.1, -0.05) is 0 Å². The van der Waals surface area contributed by atoms with Crippen LogP contribution in [-0.4, -0.2) is 27.1 Å². The van der Waals surface area contributed by atoms with Crippen molar-refractivity contribution in [2.45, 2.75) is 12.3 Å². The molecule has 0 radical (unpaired) electrons. The molecule has 0 aromatic carbocycles. The molecular formula is C3H9O4P. The van der Waals surface area contributed by atoms with Crippen LogP contribution in [0.1, 0.15) is 6.42 Å². The van der Waals surface area contributed by atoms with Crippen LogP contribution in [0.4, 0.5) is 0 Å². The van der Waals surface area contributed by atoms with Crippen LogP contribution in [0, 0.1) is 0 Å². The van der Waals surface area contributed by atoms with Crippen LogP contribution in [0.15, 0.2) is 0 Å². The van der Waals surface area contributed by atoms with Crippen LogP contribution in [0.2, 0.25) is 0 Å². The summed E-state index contributed by atoms with van der Waals surface area (Å²) in [6.45, 7) is 0.529. The molecule has 0 bridgehead atoms. The van der Waals surface area contributed by atoms with E-state index in [1.807, 2.05) is 0 Å². The van der Waals surface area contributed by atoms with Crippen LogP contribution in [-0.2, 0) is 4.74 Å². The van der Waals surface area contributed by atoms with E-state index in [4.69, 9.17) is 14.7 Å². The van der Waals surface area contributed by atoms with Crippen LogP contribution < -0.4 is 0 Å². The summed E-state index contributed by atoms with van der Waals surface area (Å²) in [5.41, 5.74) is 0. The van der Waals surface area contributed by atoms with Crippen molar-refractivity contribution in [2.75, 3.05) is 6.61 Å². The molecule has 8 heavy (non-hydrogen) atoms. The molecule has 0 amide bonds. The first-order valence-electron chi connectivity index (χ1n) is 2.39. The van der Waals surface area contributed by atoms with Gasteiger partial charge < -0.3 is 0 Å². The predicted octanol–water partition coefficient (Wildman–Crippen LogP) is -0.795. The first-order chi connectivity index (χ1) is 3.61. The Balaban J connectivity index is 2.34. The second-order valence-electron chi connectivity index (χ2n) is 1.84. The Morgan fingerprint density at radius 2 is 1.88 bits per heavy atom. The van der Waals surface area contributed by atoms with Crippen LogP contribution in [0.25, 0.3) is 0 Å². The third-order valence-electron chi connectivity index (χ3n) is 1.13. The first-order valence-corrected chi connectivity index (χ1v) is 4.31. The number of rotatable bonds is 1. The summed E-state index contributed by atoms with van der Waals surface area (Å²) in [7, 11) is -3.90. The molecule has 1 aliphatic heterocycles. The molecule has 4 nitrogen and oxygen atoms in total. The average Bonchev–Trinajstić information content (AvgIpc) is 1.16. The molecule has 5 heteroatoms. The van der Waals surface area contributed by atoms with Crippen LogP contribution >= 0.6 is 7.94 Å². The van der Waals surface area contributed by atoms with Crippen molar-refractivity contribution >= 4 is 7.94 Å². The number of ether oxygens (including phenoxy) is 1. The monoisotopic (exact) mass is 140 g/mol. The van der Waals surface area contributed by atoms with Crippen molar-refractivity contribution in [3.63, 3.8) is 0 Å². The Hall–Kier alpha value is 0.270. The molecule has 0 spiro atoms. The Labute approximate surface area is 47.3 Å². The molecule has 1 atom stereocenters. The van der Waals surface area contributed by atoms with Crippen molar-refractivity contribution in [1.29, 1.82) is 0 Å². The second-order valence-corrected chi connectivity index (χ2v) is 3.85. The average molecular weight is 140 g/mol. The van der Waals surface area contributed by atoms with Crippen LogP contribution in [0.5, 0.6) is 0 Å². The van der Waals surface area contributed by atoms with E-state index in [1.165, 1.54) is 0 Å². The summed E-state index contributed by atoms with van der Waals surface area (Å²) in [6.07, 6.45) is 0.565. The van der Waals surface area contributed by atoms with Gasteiger partial charge in [0, 0.05) is 0 Å². The maximum atomic E-state index is 8.46. The molecule has 1 saturated heterocycles. The summed E-state index contributed by atoms with van der Waals surface area (Å²) in [5, 5.41) is 0. The Bertz CT molecular complexity index is 83.8. The first kappa shape index (κ1) is 6.39. The van der Waals surface area contributed by atoms with Gasteiger partial charge >= 0.3 is 46.2 Å². The van der Waals surface area contributed by atoms with Gasteiger partial charge in [0.1, 0.15) is 0 Å². The fourth-order valence-electron chi connectivity index (χ4n) is 0.541. The van der Waals surface area contributed by atoms with Gasteiger partial charge in [0.15, 0.2) is 0 Å². The Morgan fingerprint density at radius 1 is 1.38 bits per heavy atom. The summed E-state index contributed by atoms with van der Waals surface area (Å²) in [5.74, 6) is -0.664. The zero-order valence-corrected chi connectivity index (χ0v) is 5.24. The summed E-state index contributed by atoms with van der Waals surface area (Å²) in [6, 6.07) is 0. The van der Waals surface area contributed by atoms with Crippen molar-refractivity contribution in [1.82, 2.24) is 0 Å². The third-order valence-corrected chi connectivity index (χ3v) is 2.45. The van der Waals surface area contributed by atoms with E-state index < -0.39 is 13.8 Å². The Kier molecular flexibility index (Phi) is 1.52. The van der Waals surface area contributed by atoms with Gasteiger partial charge in [0.25, 0.3) is 0 Å². The SMILES string of the molecule is O[PH](O)(O)C1CCO1. The molecule has 1 heterocycles. The second kappa shape index (κ2) is 1.90. The molecular weight excluding hydrogens is 131 g/mol. The van der Waals surface area contributed by atoms with Crippen molar-refractivity contribution in [3.8, 4) is 0 Å².